The van der Waals surface area contributed by atoms with Crippen LogP contribution in [0.1, 0.15) is 89.0 Å². The van der Waals surface area contributed by atoms with Gasteiger partial charge in [0.25, 0.3) is 5.91 Å². The van der Waals surface area contributed by atoms with Gasteiger partial charge in [-0.1, -0.05) is 54.5 Å². The molecular formula is C51H67FN4O7Si. The molecule has 3 N–H and O–H groups in total. The van der Waals surface area contributed by atoms with Crippen molar-refractivity contribution in [3.05, 3.63) is 106 Å². The van der Waals surface area contributed by atoms with Crippen LogP contribution in [0.5, 0.6) is 5.75 Å². The maximum absolute atomic E-state index is 17.0. The van der Waals surface area contributed by atoms with E-state index in [9.17, 15) is 19.8 Å². The summed E-state index contributed by atoms with van der Waals surface area (Å²) in [5.41, 5.74) is 5.43. The summed E-state index contributed by atoms with van der Waals surface area (Å²) in [6.07, 6.45) is 7.17. The van der Waals surface area contributed by atoms with Crippen LogP contribution >= 0.6 is 0 Å². The number of unbranched alkanes of at least 4 members (excludes halogenated alkanes) is 1. The first-order valence-corrected chi connectivity index (χ1v) is 26.1. The number of aliphatic hydroxyl groups is 2. The van der Waals surface area contributed by atoms with Crippen molar-refractivity contribution in [3.8, 4) is 5.75 Å². The molecule has 13 heteroatoms. The van der Waals surface area contributed by atoms with Crippen LogP contribution in [-0.4, -0.2) is 92.3 Å². The Balaban J connectivity index is 1.31. The van der Waals surface area contributed by atoms with Crippen LogP contribution < -0.4 is 19.9 Å². The summed E-state index contributed by atoms with van der Waals surface area (Å²) < 4.78 is 30.0. The largest absolute Gasteiger partial charge is 0.494 e. The Morgan fingerprint density at radius 3 is 2.44 bits per heavy atom. The number of hydrogen-bond acceptors (Lipinski definition) is 8. The summed E-state index contributed by atoms with van der Waals surface area (Å²) in [4.78, 5) is 49.7. The summed E-state index contributed by atoms with van der Waals surface area (Å²) in [6.45, 7) is 14.8. The van der Waals surface area contributed by atoms with E-state index in [0.29, 0.717) is 73.8 Å². The van der Waals surface area contributed by atoms with Gasteiger partial charge in [0, 0.05) is 42.4 Å². The highest BCUT2D eigenvalue weighted by Gasteiger charge is 2.67. The predicted molar refractivity (Wildman–Crippen MR) is 252 cm³/mol. The van der Waals surface area contributed by atoms with E-state index < -0.39 is 43.7 Å². The SMILES string of the molecule is CCOc1ccc2c(c1)CC(NCCCCO)C(=O)N2c1ccc2c(c1)[C@@]1(O[C@H](CC(=O)N3Cc4ccccc4C[C@H]3CO)[C@@H]([Si](C)(C)F)[C@@H]1C)C(=O)N2C/C=C(\C)CCC=C(C)C. The molecule has 6 atom stereocenters. The number of carbonyl (C=O) groups is 3. The third-order valence-electron chi connectivity index (χ3n) is 13.7. The fourth-order valence-corrected chi connectivity index (χ4v) is 13.0. The van der Waals surface area contributed by atoms with Gasteiger partial charge in [-0.2, -0.15) is 0 Å². The molecule has 344 valence electrons. The molecule has 4 heterocycles. The van der Waals surface area contributed by atoms with Gasteiger partial charge >= 0.3 is 0 Å². The number of aliphatic hydroxyl groups excluding tert-OH is 2. The molecule has 1 saturated heterocycles. The van der Waals surface area contributed by atoms with Gasteiger partial charge in [-0.3, -0.25) is 19.3 Å². The zero-order valence-electron chi connectivity index (χ0n) is 38.7. The van der Waals surface area contributed by atoms with Gasteiger partial charge in [0.2, 0.25) is 20.2 Å². The van der Waals surface area contributed by atoms with Gasteiger partial charge in [-0.15, -0.1) is 0 Å². The first-order chi connectivity index (χ1) is 30.6. The summed E-state index contributed by atoms with van der Waals surface area (Å²) in [6, 6.07) is 18.2. The van der Waals surface area contributed by atoms with Crippen molar-refractivity contribution < 1.29 is 38.2 Å². The average Bonchev–Trinajstić information content (AvgIpc) is 3.69. The van der Waals surface area contributed by atoms with Gasteiger partial charge < -0.3 is 38.9 Å². The molecule has 11 nitrogen and oxygen atoms in total. The van der Waals surface area contributed by atoms with E-state index in [4.69, 9.17) is 9.47 Å². The second-order valence-corrected chi connectivity index (χ2v) is 22.6. The number of anilines is 3. The maximum atomic E-state index is 17.0. The quantitative estimate of drug-likeness (QED) is 0.0536. The summed E-state index contributed by atoms with van der Waals surface area (Å²) >= 11 is 0. The number of ether oxygens (including phenoxy) is 2. The molecule has 7 rings (SSSR count). The Kier molecular flexibility index (Phi) is 14.7. The molecule has 3 amide bonds. The van der Waals surface area contributed by atoms with Crippen LogP contribution in [0.15, 0.2) is 84.0 Å². The van der Waals surface area contributed by atoms with Gasteiger partial charge in [0.15, 0.2) is 5.60 Å². The molecule has 0 radical (unpaired) electrons. The monoisotopic (exact) mass is 894 g/mol. The summed E-state index contributed by atoms with van der Waals surface area (Å²) in [5, 5.41) is 23.3. The van der Waals surface area contributed by atoms with Crippen molar-refractivity contribution >= 4 is 43.2 Å². The third kappa shape index (κ3) is 9.37. The molecule has 1 fully saturated rings. The second-order valence-electron chi connectivity index (χ2n) is 18.8. The molecule has 64 heavy (non-hydrogen) atoms. The van der Waals surface area contributed by atoms with E-state index in [1.165, 1.54) is 5.57 Å². The van der Waals surface area contributed by atoms with Gasteiger partial charge in [0.1, 0.15) is 5.75 Å². The van der Waals surface area contributed by atoms with Gasteiger partial charge in [-0.25, -0.2) is 0 Å². The Morgan fingerprint density at radius 1 is 0.984 bits per heavy atom. The molecule has 0 aliphatic carbocycles. The number of hydrogen-bond donors (Lipinski definition) is 3. The maximum Gasteiger partial charge on any atom is 0.264 e. The number of benzene rings is 3. The van der Waals surface area contributed by atoms with Crippen LogP contribution in [0.3, 0.4) is 0 Å². The van der Waals surface area contributed by atoms with E-state index in [0.717, 1.165) is 35.1 Å². The van der Waals surface area contributed by atoms with Gasteiger partial charge in [0.05, 0.1) is 49.2 Å². The van der Waals surface area contributed by atoms with E-state index in [2.05, 4.69) is 38.2 Å². The van der Waals surface area contributed by atoms with Crippen molar-refractivity contribution in [2.75, 3.05) is 42.7 Å². The number of carbonyl (C=O) groups excluding carboxylic acids is 3. The van der Waals surface area contributed by atoms with Crippen molar-refractivity contribution in [2.45, 2.75) is 129 Å². The molecule has 4 aliphatic heterocycles. The number of nitrogens with zero attached hydrogens (tertiary/aromatic N) is 3. The molecule has 1 unspecified atom stereocenters. The minimum absolute atomic E-state index is 0.0687. The predicted octanol–water partition coefficient (Wildman–Crippen LogP) is 8.19. The molecular weight excluding hydrogens is 828 g/mol. The molecule has 0 bridgehead atoms. The fourth-order valence-electron chi connectivity index (χ4n) is 10.5. The average molecular weight is 895 g/mol. The lowest BCUT2D eigenvalue weighted by Crippen LogP contribution is -2.49. The van der Waals surface area contributed by atoms with Crippen LogP contribution in [0.4, 0.5) is 21.2 Å². The van der Waals surface area contributed by atoms with Crippen molar-refractivity contribution in [2.24, 2.45) is 5.92 Å². The van der Waals surface area contributed by atoms with Crippen LogP contribution in [-0.2, 0) is 44.1 Å². The molecule has 0 aromatic heterocycles. The van der Waals surface area contributed by atoms with Crippen LogP contribution in [0, 0.1) is 5.92 Å². The topological polar surface area (TPSA) is 132 Å². The zero-order chi connectivity index (χ0) is 45.9. The Morgan fingerprint density at radius 2 is 1.73 bits per heavy atom. The normalized spacial score (nSPS) is 24.2. The Bertz CT molecular complexity index is 2270. The second kappa shape index (κ2) is 19.8. The standard InChI is InChI=1S/C51H67FN4O7Si/c1-8-62-41-19-21-44-38(27-41)28-43(53-23-11-12-25-57)49(60)56(44)39-18-20-45-42(29-39)51(50(61)54(45)24-22-34(4)15-13-14-33(2)3)35(5)48(64(6,7)52)46(63-51)30-47(59)55-31-37-17-10-9-16-36(37)26-40(55)32-58/h9-10,14,16-22,27,29,35,40,43,46,48,53,57-58H,8,11-13,15,23-26,28,30-32H2,1-7H3/b34-22+/t35-,40-,43?,46+,48-,51+/m0/s1. The fraction of sp³-hybridized carbons (Fsp3) is 0.510. The Hall–Kier alpha value is -4.66. The smallest absolute Gasteiger partial charge is 0.264 e. The van der Waals surface area contributed by atoms with E-state index >= 15 is 8.90 Å². The number of fused-ring (bicyclic) bond motifs is 4. The molecule has 3 aromatic carbocycles. The zero-order valence-corrected chi connectivity index (χ0v) is 39.7. The van der Waals surface area contributed by atoms with E-state index in [1.807, 2.05) is 74.5 Å². The number of rotatable bonds is 17. The van der Waals surface area contributed by atoms with Crippen LogP contribution in [0.25, 0.3) is 0 Å². The lowest BCUT2D eigenvalue weighted by atomic mass is 9.82. The minimum Gasteiger partial charge on any atom is -0.494 e. The molecule has 3 aromatic rings. The summed E-state index contributed by atoms with van der Waals surface area (Å²) in [5.74, 6) is -0.692. The highest BCUT2D eigenvalue weighted by atomic mass is 28.4. The lowest BCUT2D eigenvalue weighted by molar-refractivity contribution is -0.150. The number of halogens is 1. The van der Waals surface area contributed by atoms with Crippen LogP contribution in [0.2, 0.25) is 18.6 Å². The van der Waals surface area contributed by atoms with Gasteiger partial charge in [-0.05, 0) is 139 Å². The first-order valence-electron chi connectivity index (χ1n) is 23.2. The highest BCUT2D eigenvalue weighted by Crippen LogP contribution is 2.61. The number of allylic oxidation sites excluding steroid dienone is 3. The first kappa shape index (κ1) is 47.3. The van der Waals surface area contributed by atoms with Crippen molar-refractivity contribution in [3.63, 3.8) is 0 Å². The van der Waals surface area contributed by atoms with Crippen molar-refractivity contribution in [1.29, 1.82) is 0 Å². The molecule has 1 spiro atoms. The minimum atomic E-state index is -3.66. The Labute approximate surface area is 379 Å². The summed E-state index contributed by atoms with van der Waals surface area (Å²) in [7, 11) is -3.66. The molecule has 4 aliphatic rings. The highest BCUT2D eigenvalue weighted by molar-refractivity contribution is 6.72. The number of amides is 3. The van der Waals surface area contributed by atoms with E-state index in [1.54, 1.807) is 27.8 Å². The molecule has 0 saturated carbocycles. The third-order valence-corrected chi connectivity index (χ3v) is 16.2. The van der Waals surface area contributed by atoms with E-state index in [-0.39, 0.29) is 43.9 Å². The van der Waals surface area contributed by atoms with Crippen molar-refractivity contribution in [1.82, 2.24) is 10.2 Å². The lowest BCUT2D eigenvalue weighted by Gasteiger charge is -2.37. The number of nitrogens with one attached hydrogen (secondary N) is 1.